The third-order valence-corrected chi connectivity index (χ3v) is 6.65. The Labute approximate surface area is 215 Å². The molecule has 0 aliphatic carbocycles. The van der Waals surface area contributed by atoms with Crippen molar-refractivity contribution in [2.45, 2.75) is 57.7 Å². The molecule has 13 heteroatoms. The summed E-state index contributed by atoms with van der Waals surface area (Å²) in [5.74, 6) is -2.22. The zero-order chi connectivity index (χ0) is 27.8. The van der Waals surface area contributed by atoms with Gasteiger partial charge in [0.15, 0.2) is 0 Å². The van der Waals surface area contributed by atoms with E-state index in [-0.39, 0.29) is 31.7 Å². The van der Waals surface area contributed by atoms with Crippen molar-refractivity contribution in [2.75, 3.05) is 11.9 Å². The highest BCUT2D eigenvalue weighted by Gasteiger charge is 2.44. The summed E-state index contributed by atoms with van der Waals surface area (Å²) < 4.78 is 58.9. The topological polar surface area (TPSA) is 118 Å². The molecule has 1 fully saturated rings. The number of likely N-dealkylation sites (tertiary alicyclic amines) is 1. The maximum atomic E-state index is 14.1. The molecule has 38 heavy (non-hydrogen) atoms. The molecule has 1 saturated heterocycles. The standard InChI is InChI=1S/C25H27F4N5O4/c1-13(2)21(32-16-6-15(8-31-9-16)25(27,28)29)23(36)34-11-17(7-20(34)22(30)35)38-24(37)33-10-14-4-3-5-19(26)18(14)12-33/h3-6,8-9,13,17,20-21,32H,7,10-12H2,1-2H3,(H2,30,35)/t17-,20?,21+/m1/s1. The van der Waals surface area contributed by atoms with Crippen LogP contribution in [0.15, 0.2) is 36.7 Å². The van der Waals surface area contributed by atoms with Crippen molar-refractivity contribution < 1.29 is 36.7 Å². The Morgan fingerprint density at radius 1 is 1.18 bits per heavy atom. The lowest BCUT2D eigenvalue weighted by Gasteiger charge is -2.30. The van der Waals surface area contributed by atoms with E-state index in [1.54, 1.807) is 26.0 Å². The summed E-state index contributed by atoms with van der Waals surface area (Å²) in [5, 5.41) is 2.79. The molecular formula is C25H27F4N5O4. The molecule has 0 radical (unpaired) electrons. The lowest BCUT2D eigenvalue weighted by Crippen LogP contribution is -2.51. The Hall–Kier alpha value is -3.90. The molecule has 3 atom stereocenters. The average Bonchev–Trinajstić information content (AvgIpc) is 3.47. The van der Waals surface area contributed by atoms with E-state index in [0.717, 1.165) is 12.3 Å². The van der Waals surface area contributed by atoms with E-state index in [1.807, 2.05) is 0 Å². The smallest absolute Gasteiger partial charge is 0.417 e. The number of aromatic nitrogens is 1. The molecule has 1 aromatic heterocycles. The van der Waals surface area contributed by atoms with E-state index in [0.29, 0.717) is 17.3 Å². The normalized spacial score (nSPS) is 19.9. The predicted molar refractivity (Wildman–Crippen MR) is 127 cm³/mol. The number of hydrogen-bond acceptors (Lipinski definition) is 6. The number of nitrogens with zero attached hydrogens (tertiary/aromatic N) is 3. The first-order chi connectivity index (χ1) is 17.8. The highest BCUT2D eigenvalue weighted by molar-refractivity contribution is 5.91. The number of ether oxygens (including phenoxy) is 1. The number of anilines is 1. The Kier molecular flexibility index (Phi) is 7.47. The zero-order valence-electron chi connectivity index (χ0n) is 20.7. The van der Waals surface area contributed by atoms with Gasteiger partial charge < -0.3 is 20.7 Å². The molecule has 1 aromatic carbocycles. The predicted octanol–water partition coefficient (Wildman–Crippen LogP) is 3.28. The number of alkyl halides is 3. The number of halogens is 4. The van der Waals surface area contributed by atoms with Gasteiger partial charge in [-0.15, -0.1) is 0 Å². The monoisotopic (exact) mass is 537 g/mol. The van der Waals surface area contributed by atoms with E-state index in [2.05, 4.69) is 10.3 Å². The number of primary amides is 1. The number of nitrogens with two attached hydrogens (primary N) is 1. The highest BCUT2D eigenvalue weighted by atomic mass is 19.4. The molecule has 2 aromatic rings. The summed E-state index contributed by atoms with van der Waals surface area (Å²) >= 11 is 0. The van der Waals surface area contributed by atoms with Gasteiger partial charge in [0.05, 0.1) is 24.3 Å². The van der Waals surface area contributed by atoms with Crippen LogP contribution >= 0.6 is 0 Å². The number of benzene rings is 1. The fourth-order valence-corrected chi connectivity index (χ4v) is 4.67. The number of fused-ring (bicyclic) bond motifs is 1. The van der Waals surface area contributed by atoms with E-state index in [4.69, 9.17) is 10.5 Å². The van der Waals surface area contributed by atoms with Gasteiger partial charge in [0.25, 0.3) is 0 Å². The summed E-state index contributed by atoms with van der Waals surface area (Å²) in [5.41, 5.74) is 5.59. The third-order valence-electron chi connectivity index (χ3n) is 6.65. The van der Waals surface area contributed by atoms with Crippen LogP contribution in [0.3, 0.4) is 0 Å². The molecule has 2 aliphatic rings. The molecule has 4 rings (SSSR count). The lowest BCUT2D eigenvalue weighted by molar-refractivity contribution is -0.138. The minimum absolute atomic E-state index is 0.0227. The molecule has 1 unspecified atom stereocenters. The first kappa shape index (κ1) is 27.1. The molecular weight excluding hydrogens is 510 g/mol. The van der Waals surface area contributed by atoms with Crippen LogP contribution in [0, 0.1) is 11.7 Å². The van der Waals surface area contributed by atoms with Gasteiger partial charge in [-0.25, -0.2) is 9.18 Å². The van der Waals surface area contributed by atoms with Crippen molar-refractivity contribution in [1.29, 1.82) is 0 Å². The number of pyridine rings is 1. The van der Waals surface area contributed by atoms with Gasteiger partial charge >= 0.3 is 12.3 Å². The molecule has 9 nitrogen and oxygen atoms in total. The van der Waals surface area contributed by atoms with Gasteiger partial charge in [0.1, 0.15) is 24.0 Å². The molecule has 0 bridgehead atoms. The third kappa shape index (κ3) is 5.65. The number of rotatable bonds is 6. The largest absolute Gasteiger partial charge is 0.444 e. The summed E-state index contributed by atoms with van der Waals surface area (Å²) in [4.78, 5) is 44.5. The molecule has 3 N–H and O–H groups in total. The number of carbonyl (C=O) groups is 3. The highest BCUT2D eigenvalue weighted by Crippen LogP contribution is 2.31. The van der Waals surface area contributed by atoms with Gasteiger partial charge in [-0.3, -0.25) is 19.5 Å². The summed E-state index contributed by atoms with van der Waals surface area (Å²) in [7, 11) is 0. The quantitative estimate of drug-likeness (QED) is 0.547. The van der Waals surface area contributed by atoms with E-state index in [1.165, 1.54) is 15.9 Å². The number of nitrogens with one attached hydrogen (secondary N) is 1. The minimum atomic E-state index is -4.62. The minimum Gasteiger partial charge on any atom is -0.444 e. The average molecular weight is 538 g/mol. The Morgan fingerprint density at radius 2 is 1.92 bits per heavy atom. The second-order valence-electron chi connectivity index (χ2n) is 9.71. The van der Waals surface area contributed by atoms with Crippen molar-refractivity contribution in [2.24, 2.45) is 11.7 Å². The van der Waals surface area contributed by atoms with Crippen LogP contribution in [-0.2, 0) is 33.6 Å². The van der Waals surface area contributed by atoms with Crippen LogP contribution in [0.2, 0.25) is 0 Å². The van der Waals surface area contributed by atoms with Crippen LogP contribution < -0.4 is 11.1 Å². The van der Waals surface area contributed by atoms with Crippen LogP contribution in [0.4, 0.5) is 28.0 Å². The van der Waals surface area contributed by atoms with Gasteiger partial charge in [-0.1, -0.05) is 26.0 Å². The molecule has 204 valence electrons. The van der Waals surface area contributed by atoms with Crippen molar-refractivity contribution in [3.05, 3.63) is 59.2 Å². The summed E-state index contributed by atoms with van der Waals surface area (Å²) in [6.45, 7) is 3.42. The summed E-state index contributed by atoms with van der Waals surface area (Å²) in [6.07, 6.45) is -4.41. The zero-order valence-corrected chi connectivity index (χ0v) is 20.7. The second-order valence-corrected chi connectivity index (χ2v) is 9.71. The molecule has 0 saturated carbocycles. The molecule has 3 amide bonds. The van der Waals surface area contributed by atoms with Gasteiger partial charge in [0.2, 0.25) is 11.8 Å². The number of amides is 3. The second kappa shape index (κ2) is 10.5. The first-order valence-corrected chi connectivity index (χ1v) is 12.0. The molecule has 3 heterocycles. The van der Waals surface area contributed by atoms with Crippen molar-refractivity contribution in [3.8, 4) is 0 Å². The van der Waals surface area contributed by atoms with Crippen LogP contribution in [0.1, 0.15) is 37.0 Å². The van der Waals surface area contributed by atoms with E-state index < -0.39 is 59.6 Å². The Morgan fingerprint density at radius 3 is 2.55 bits per heavy atom. The fourth-order valence-electron chi connectivity index (χ4n) is 4.67. The number of carbonyl (C=O) groups excluding carboxylic acids is 3. The summed E-state index contributed by atoms with van der Waals surface area (Å²) in [6, 6.07) is 3.30. The van der Waals surface area contributed by atoms with Gasteiger partial charge in [0, 0.05) is 30.9 Å². The molecule has 2 aliphatic heterocycles. The van der Waals surface area contributed by atoms with Gasteiger partial charge in [-0.2, -0.15) is 13.2 Å². The van der Waals surface area contributed by atoms with Crippen LogP contribution in [0.5, 0.6) is 0 Å². The SMILES string of the molecule is CC(C)[C@H](Nc1cncc(C(F)(F)F)c1)C(=O)N1C[C@H](OC(=O)N2Cc3cccc(F)c3C2)CC1C(N)=O. The lowest BCUT2D eigenvalue weighted by atomic mass is 10.0. The van der Waals surface area contributed by atoms with Crippen molar-refractivity contribution in [3.63, 3.8) is 0 Å². The van der Waals surface area contributed by atoms with Crippen molar-refractivity contribution in [1.82, 2.24) is 14.8 Å². The van der Waals surface area contributed by atoms with Crippen LogP contribution in [0.25, 0.3) is 0 Å². The maximum Gasteiger partial charge on any atom is 0.417 e. The first-order valence-electron chi connectivity index (χ1n) is 12.0. The maximum absolute atomic E-state index is 14.1. The fraction of sp³-hybridized carbons (Fsp3) is 0.440. The number of hydrogen-bond donors (Lipinski definition) is 2. The van der Waals surface area contributed by atoms with E-state index in [9.17, 15) is 31.9 Å². The van der Waals surface area contributed by atoms with Crippen molar-refractivity contribution >= 4 is 23.6 Å². The Bertz CT molecular complexity index is 1240. The van der Waals surface area contributed by atoms with E-state index >= 15 is 0 Å². The van der Waals surface area contributed by atoms with Crippen LogP contribution in [-0.4, -0.2) is 57.4 Å². The Balaban J connectivity index is 1.46. The van der Waals surface area contributed by atoms with Gasteiger partial charge in [-0.05, 0) is 23.6 Å². The molecule has 0 spiro atoms.